The van der Waals surface area contributed by atoms with E-state index in [9.17, 15) is 0 Å². The molecule has 1 N–H and O–H groups in total. The molecule has 0 aromatic carbocycles. The Bertz CT molecular complexity index is 745. The van der Waals surface area contributed by atoms with E-state index >= 15 is 0 Å². The van der Waals surface area contributed by atoms with Gasteiger partial charge in [-0.05, 0) is 19.4 Å². The molecule has 0 saturated carbocycles. The molecule has 0 bridgehead atoms. The Morgan fingerprint density at radius 1 is 1.29 bits per heavy atom. The zero-order valence-corrected chi connectivity index (χ0v) is 13.2. The molecule has 6 heteroatoms. The van der Waals surface area contributed by atoms with E-state index in [1.807, 2.05) is 18.3 Å². The van der Waals surface area contributed by atoms with Gasteiger partial charge in [0.15, 0.2) is 4.96 Å². The number of methoxy groups -OCH3 is 1. The Balaban J connectivity index is 1.67. The van der Waals surface area contributed by atoms with Gasteiger partial charge in [0.2, 0.25) is 5.88 Å². The molecule has 3 aromatic rings. The molecule has 0 fully saturated rings. The number of imidazole rings is 1. The highest BCUT2D eigenvalue weighted by Gasteiger charge is 2.10. The summed E-state index contributed by atoms with van der Waals surface area (Å²) in [6.07, 6.45) is 3.98. The van der Waals surface area contributed by atoms with Gasteiger partial charge in [-0.25, -0.2) is 9.97 Å². The first-order chi connectivity index (χ1) is 10.2. The summed E-state index contributed by atoms with van der Waals surface area (Å²) >= 11 is 1.72. The predicted molar refractivity (Wildman–Crippen MR) is 83.9 cm³/mol. The van der Waals surface area contributed by atoms with Crippen molar-refractivity contribution >= 4 is 16.3 Å². The lowest BCUT2D eigenvalue weighted by molar-refractivity contribution is 0.397. The van der Waals surface area contributed by atoms with Crippen LogP contribution in [0.2, 0.25) is 0 Å². The van der Waals surface area contributed by atoms with Crippen LogP contribution in [0.25, 0.3) is 4.96 Å². The van der Waals surface area contributed by atoms with Gasteiger partial charge in [-0.1, -0.05) is 6.07 Å². The van der Waals surface area contributed by atoms with Crippen molar-refractivity contribution in [3.05, 3.63) is 46.4 Å². The zero-order chi connectivity index (χ0) is 14.8. The average molecular weight is 302 g/mol. The first-order valence-electron chi connectivity index (χ1n) is 6.81. The fraction of sp³-hybridized carbons (Fsp3) is 0.333. The van der Waals surface area contributed by atoms with Crippen molar-refractivity contribution < 1.29 is 4.74 Å². The smallest absolute Gasteiger partial charge is 0.212 e. The Hall–Kier alpha value is -1.92. The third-order valence-electron chi connectivity index (χ3n) is 3.37. The monoisotopic (exact) mass is 302 g/mol. The van der Waals surface area contributed by atoms with Crippen molar-refractivity contribution in [3.8, 4) is 5.88 Å². The molecule has 110 valence electrons. The van der Waals surface area contributed by atoms with E-state index in [-0.39, 0.29) is 0 Å². The van der Waals surface area contributed by atoms with Crippen molar-refractivity contribution in [2.45, 2.75) is 26.9 Å². The molecule has 3 heterocycles. The van der Waals surface area contributed by atoms with Gasteiger partial charge >= 0.3 is 0 Å². The number of fused-ring (bicyclic) bond motifs is 1. The Morgan fingerprint density at radius 3 is 2.86 bits per heavy atom. The van der Waals surface area contributed by atoms with Crippen LogP contribution < -0.4 is 10.1 Å². The normalized spacial score (nSPS) is 11.2. The highest BCUT2D eigenvalue weighted by molar-refractivity contribution is 7.17. The molecular formula is C15H18N4OS. The van der Waals surface area contributed by atoms with Crippen molar-refractivity contribution in [2.24, 2.45) is 0 Å². The second kappa shape index (κ2) is 5.83. The Labute approximate surface area is 127 Å². The van der Waals surface area contributed by atoms with E-state index in [0.717, 1.165) is 29.3 Å². The lowest BCUT2D eigenvalue weighted by atomic mass is 10.2. The van der Waals surface area contributed by atoms with Gasteiger partial charge in [0.25, 0.3) is 0 Å². The van der Waals surface area contributed by atoms with Gasteiger partial charge in [0.05, 0.1) is 18.5 Å². The molecule has 0 atom stereocenters. The van der Waals surface area contributed by atoms with Crippen LogP contribution in [0.1, 0.15) is 21.8 Å². The number of aryl methyl sites for hydroxylation is 2. The summed E-state index contributed by atoms with van der Waals surface area (Å²) in [6.45, 7) is 5.72. The number of thiazole rings is 1. The van der Waals surface area contributed by atoms with Gasteiger partial charge in [-0.2, -0.15) is 0 Å². The van der Waals surface area contributed by atoms with Crippen LogP contribution in [-0.2, 0) is 13.1 Å². The van der Waals surface area contributed by atoms with Crippen LogP contribution in [0.5, 0.6) is 5.88 Å². The minimum Gasteiger partial charge on any atom is -0.481 e. The number of rotatable bonds is 5. The van der Waals surface area contributed by atoms with Gasteiger partial charge in [-0.15, -0.1) is 11.3 Å². The molecule has 0 radical (unpaired) electrons. The number of nitrogens with zero attached hydrogens (tertiary/aromatic N) is 3. The maximum Gasteiger partial charge on any atom is 0.212 e. The second-order valence-corrected chi connectivity index (χ2v) is 6.16. The Kier molecular flexibility index (Phi) is 3.90. The summed E-state index contributed by atoms with van der Waals surface area (Å²) in [5.41, 5.74) is 3.44. The lowest BCUT2D eigenvalue weighted by Crippen LogP contribution is -2.14. The lowest BCUT2D eigenvalue weighted by Gasteiger charge is -2.06. The van der Waals surface area contributed by atoms with E-state index in [4.69, 9.17) is 4.74 Å². The van der Waals surface area contributed by atoms with Gasteiger partial charge in [0, 0.05) is 36.4 Å². The van der Waals surface area contributed by atoms with E-state index in [1.165, 1.54) is 10.6 Å². The SMILES string of the molecule is COc1ccc(CNCc2c(C)nc3sc(C)cn23)cn1. The average Bonchev–Trinajstić information content (AvgIpc) is 2.96. The molecule has 3 rings (SSSR count). The first kappa shape index (κ1) is 14.0. The minimum absolute atomic E-state index is 0.640. The maximum atomic E-state index is 5.06. The largest absolute Gasteiger partial charge is 0.481 e. The molecule has 0 unspecified atom stereocenters. The van der Waals surface area contributed by atoms with Gasteiger partial charge < -0.3 is 10.1 Å². The summed E-state index contributed by atoms with van der Waals surface area (Å²) in [7, 11) is 1.62. The van der Waals surface area contributed by atoms with Crippen molar-refractivity contribution in [3.63, 3.8) is 0 Å². The van der Waals surface area contributed by atoms with Crippen LogP contribution in [0.3, 0.4) is 0 Å². The van der Waals surface area contributed by atoms with Crippen LogP contribution in [0.15, 0.2) is 24.5 Å². The number of hydrogen-bond acceptors (Lipinski definition) is 5. The van der Waals surface area contributed by atoms with Gasteiger partial charge in [0.1, 0.15) is 0 Å². The number of nitrogens with one attached hydrogen (secondary N) is 1. The maximum absolute atomic E-state index is 5.06. The third kappa shape index (κ3) is 2.91. The first-order valence-corrected chi connectivity index (χ1v) is 7.62. The predicted octanol–water partition coefficient (Wildman–Crippen LogP) is 2.71. The molecule has 5 nitrogen and oxygen atoms in total. The summed E-state index contributed by atoms with van der Waals surface area (Å²) in [6, 6.07) is 3.90. The summed E-state index contributed by atoms with van der Waals surface area (Å²) < 4.78 is 7.23. The summed E-state index contributed by atoms with van der Waals surface area (Å²) in [5, 5.41) is 3.45. The van der Waals surface area contributed by atoms with Gasteiger partial charge in [-0.3, -0.25) is 4.40 Å². The molecule has 0 aliphatic carbocycles. The molecule has 0 aliphatic rings. The topological polar surface area (TPSA) is 51.5 Å². The number of hydrogen-bond donors (Lipinski definition) is 1. The molecule has 0 saturated heterocycles. The van der Waals surface area contributed by atoms with E-state index in [0.29, 0.717) is 5.88 Å². The highest BCUT2D eigenvalue weighted by atomic mass is 32.1. The van der Waals surface area contributed by atoms with E-state index in [1.54, 1.807) is 18.4 Å². The Morgan fingerprint density at radius 2 is 2.14 bits per heavy atom. The fourth-order valence-electron chi connectivity index (χ4n) is 2.28. The van der Waals surface area contributed by atoms with Crippen molar-refractivity contribution in [2.75, 3.05) is 7.11 Å². The van der Waals surface area contributed by atoms with E-state index < -0.39 is 0 Å². The van der Waals surface area contributed by atoms with E-state index in [2.05, 4.69) is 39.7 Å². The number of ether oxygens (including phenoxy) is 1. The van der Waals surface area contributed by atoms with Crippen LogP contribution >= 0.6 is 11.3 Å². The number of aromatic nitrogens is 3. The minimum atomic E-state index is 0.640. The zero-order valence-electron chi connectivity index (χ0n) is 12.4. The molecule has 21 heavy (non-hydrogen) atoms. The number of pyridine rings is 1. The molecular weight excluding hydrogens is 284 g/mol. The van der Waals surface area contributed by atoms with Crippen molar-refractivity contribution in [1.82, 2.24) is 19.7 Å². The summed E-state index contributed by atoms with van der Waals surface area (Å²) in [4.78, 5) is 11.1. The quantitative estimate of drug-likeness (QED) is 0.787. The third-order valence-corrected chi connectivity index (χ3v) is 4.27. The summed E-state index contributed by atoms with van der Waals surface area (Å²) in [5.74, 6) is 0.640. The molecule has 0 amide bonds. The standard InChI is InChI=1S/C15H18N4OS/c1-10-9-19-13(11(2)18-15(19)21-10)8-16-6-12-4-5-14(20-3)17-7-12/h4-5,7,9,16H,6,8H2,1-3H3. The fourth-order valence-corrected chi connectivity index (χ4v) is 3.17. The molecule has 0 aliphatic heterocycles. The second-order valence-electron chi connectivity index (χ2n) is 4.95. The van der Waals surface area contributed by atoms with Crippen LogP contribution in [0, 0.1) is 13.8 Å². The molecule has 0 spiro atoms. The molecule has 3 aromatic heterocycles. The van der Waals surface area contributed by atoms with Crippen LogP contribution in [0.4, 0.5) is 0 Å². The van der Waals surface area contributed by atoms with Crippen molar-refractivity contribution in [1.29, 1.82) is 0 Å². The highest BCUT2D eigenvalue weighted by Crippen LogP contribution is 2.20. The van der Waals surface area contributed by atoms with Crippen LogP contribution in [-0.4, -0.2) is 21.5 Å².